The summed E-state index contributed by atoms with van der Waals surface area (Å²) in [4.78, 5) is 10.8. The lowest BCUT2D eigenvalue weighted by Gasteiger charge is -2.43. The van der Waals surface area contributed by atoms with Crippen molar-refractivity contribution >= 4 is 11.7 Å². The van der Waals surface area contributed by atoms with Crippen molar-refractivity contribution in [2.24, 2.45) is 0 Å². The summed E-state index contributed by atoms with van der Waals surface area (Å²) in [5.74, 6) is -0.812. The number of nitrogens with one attached hydrogen (secondary N) is 2. The maximum Gasteiger partial charge on any atom is 0.305 e. The Hall–Kier alpha value is -2.06. The first-order valence-corrected chi connectivity index (χ1v) is 5.34. The second-order valence-electron chi connectivity index (χ2n) is 4.27. The molecule has 1 aliphatic heterocycles. The lowest BCUT2D eigenvalue weighted by molar-refractivity contribution is -0.138. The van der Waals surface area contributed by atoms with Crippen molar-refractivity contribution < 1.29 is 9.90 Å². The molecular weight excluding hydrogens is 218 g/mol. The zero-order chi connectivity index (χ0) is 12.3. The Balaban J connectivity index is 2.08. The number of carbonyl (C=O) groups is 1. The van der Waals surface area contributed by atoms with Crippen molar-refractivity contribution in [3.8, 4) is 6.07 Å². The van der Waals surface area contributed by atoms with E-state index in [0.717, 1.165) is 5.69 Å². The summed E-state index contributed by atoms with van der Waals surface area (Å²) in [6, 6.07) is 9.05. The molecule has 1 saturated heterocycles. The van der Waals surface area contributed by atoms with Crippen LogP contribution in [0, 0.1) is 11.3 Å². The van der Waals surface area contributed by atoms with E-state index >= 15 is 0 Å². The van der Waals surface area contributed by atoms with Crippen LogP contribution in [-0.4, -0.2) is 29.7 Å². The average molecular weight is 231 g/mol. The largest absolute Gasteiger partial charge is 0.481 e. The molecule has 0 spiro atoms. The fraction of sp³-hybridized carbons (Fsp3) is 0.333. The third kappa shape index (κ3) is 2.55. The molecule has 3 N–H and O–H groups in total. The number of aliphatic carboxylic acids is 1. The number of nitrogens with zero attached hydrogens (tertiary/aromatic N) is 1. The SMILES string of the molecule is N#Cc1ccc(NC2(CC(=O)O)CNC2)cc1. The molecule has 2 rings (SSSR count). The number of carboxylic acids is 1. The summed E-state index contributed by atoms with van der Waals surface area (Å²) in [5.41, 5.74) is 1.03. The second kappa shape index (κ2) is 4.44. The lowest BCUT2D eigenvalue weighted by Crippen LogP contribution is -2.65. The van der Waals surface area contributed by atoms with Crippen molar-refractivity contribution in [3.05, 3.63) is 29.8 Å². The van der Waals surface area contributed by atoms with Gasteiger partial charge in [-0.15, -0.1) is 0 Å². The van der Waals surface area contributed by atoms with Gasteiger partial charge in [0.1, 0.15) is 0 Å². The van der Waals surface area contributed by atoms with E-state index in [1.54, 1.807) is 24.3 Å². The molecule has 1 aromatic rings. The Morgan fingerprint density at radius 2 is 2.12 bits per heavy atom. The third-order valence-corrected chi connectivity index (χ3v) is 2.84. The van der Waals surface area contributed by atoms with Crippen LogP contribution in [-0.2, 0) is 4.79 Å². The number of rotatable bonds is 4. The summed E-state index contributed by atoms with van der Waals surface area (Å²) in [6.07, 6.45) is 0.0833. The molecule has 0 aliphatic carbocycles. The van der Waals surface area contributed by atoms with E-state index in [2.05, 4.69) is 10.6 Å². The summed E-state index contributed by atoms with van der Waals surface area (Å²) in [6.45, 7) is 1.28. The highest BCUT2D eigenvalue weighted by Gasteiger charge is 2.38. The standard InChI is InChI=1S/C12H13N3O2/c13-6-9-1-3-10(4-2-9)15-12(5-11(16)17)7-14-8-12/h1-4,14-15H,5,7-8H2,(H,16,17). The first-order chi connectivity index (χ1) is 8.13. The van der Waals surface area contributed by atoms with Crippen LogP contribution < -0.4 is 10.6 Å². The normalized spacial score (nSPS) is 16.6. The first kappa shape index (κ1) is 11.4. The average Bonchev–Trinajstić information content (AvgIpc) is 2.26. The van der Waals surface area contributed by atoms with Crippen LogP contribution in [0.3, 0.4) is 0 Å². The van der Waals surface area contributed by atoms with Gasteiger partial charge in [0.15, 0.2) is 0 Å². The summed E-state index contributed by atoms with van der Waals surface area (Å²) in [7, 11) is 0. The molecule has 0 amide bonds. The molecule has 0 unspecified atom stereocenters. The fourth-order valence-electron chi connectivity index (χ4n) is 1.91. The highest BCUT2D eigenvalue weighted by Crippen LogP contribution is 2.23. The maximum absolute atomic E-state index is 10.8. The van der Waals surface area contributed by atoms with Crippen LogP contribution in [0.4, 0.5) is 5.69 Å². The van der Waals surface area contributed by atoms with Gasteiger partial charge in [-0.3, -0.25) is 4.79 Å². The maximum atomic E-state index is 10.8. The van der Waals surface area contributed by atoms with Gasteiger partial charge >= 0.3 is 5.97 Å². The molecule has 0 radical (unpaired) electrons. The molecular formula is C12H13N3O2. The minimum Gasteiger partial charge on any atom is -0.481 e. The van der Waals surface area contributed by atoms with Crippen LogP contribution in [0.2, 0.25) is 0 Å². The molecule has 0 bridgehead atoms. The van der Waals surface area contributed by atoms with E-state index in [0.29, 0.717) is 18.7 Å². The van der Waals surface area contributed by atoms with E-state index in [4.69, 9.17) is 10.4 Å². The molecule has 5 nitrogen and oxygen atoms in total. The minimum absolute atomic E-state index is 0.0833. The first-order valence-electron chi connectivity index (χ1n) is 5.34. The lowest BCUT2D eigenvalue weighted by atomic mass is 9.88. The van der Waals surface area contributed by atoms with Crippen molar-refractivity contribution in [3.63, 3.8) is 0 Å². The number of carboxylic acid groups (broad SMARTS) is 1. The third-order valence-electron chi connectivity index (χ3n) is 2.84. The van der Waals surface area contributed by atoms with Gasteiger partial charge in [0.05, 0.1) is 23.6 Å². The number of hydrogen-bond donors (Lipinski definition) is 3. The smallest absolute Gasteiger partial charge is 0.305 e. The van der Waals surface area contributed by atoms with Gasteiger partial charge in [-0.1, -0.05) is 0 Å². The Kier molecular flexibility index (Phi) is 2.98. The van der Waals surface area contributed by atoms with Gasteiger partial charge in [0.2, 0.25) is 0 Å². The van der Waals surface area contributed by atoms with E-state index in [1.807, 2.05) is 6.07 Å². The van der Waals surface area contributed by atoms with E-state index in [9.17, 15) is 4.79 Å². The van der Waals surface area contributed by atoms with Crippen molar-refractivity contribution in [1.82, 2.24) is 5.32 Å². The van der Waals surface area contributed by atoms with Crippen molar-refractivity contribution in [1.29, 1.82) is 5.26 Å². The van der Waals surface area contributed by atoms with Crippen LogP contribution in [0.25, 0.3) is 0 Å². The van der Waals surface area contributed by atoms with Gasteiger partial charge in [-0.2, -0.15) is 5.26 Å². The predicted molar refractivity (Wildman–Crippen MR) is 62.6 cm³/mol. The van der Waals surface area contributed by atoms with Gasteiger partial charge in [-0.05, 0) is 24.3 Å². The molecule has 17 heavy (non-hydrogen) atoms. The molecule has 1 fully saturated rings. The molecule has 0 atom stereocenters. The number of benzene rings is 1. The van der Waals surface area contributed by atoms with E-state index in [-0.39, 0.29) is 6.42 Å². The van der Waals surface area contributed by atoms with Crippen LogP contribution in [0.1, 0.15) is 12.0 Å². The highest BCUT2D eigenvalue weighted by atomic mass is 16.4. The van der Waals surface area contributed by atoms with Gasteiger partial charge in [0.25, 0.3) is 0 Å². The summed E-state index contributed by atoms with van der Waals surface area (Å²) >= 11 is 0. The molecule has 1 aliphatic rings. The molecule has 88 valence electrons. The van der Waals surface area contributed by atoms with E-state index < -0.39 is 11.5 Å². The molecule has 5 heteroatoms. The second-order valence-corrected chi connectivity index (χ2v) is 4.27. The monoisotopic (exact) mass is 231 g/mol. The zero-order valence-corrected chi connectivity index (χ0v) is 9.23. The van der Waals surface area contributed by atoms with Crippen LogP contribution in [0.5, 0.6) is 0 Å². The zero-order valence-electron chi connectivity index (χ0n) is 9.23. The molecule has 0 saturated carbocycles. The summed E-state index contributed by atoms with van der Waals surface area (Å²) < 4.78 is 0. The molecule has 0 aromatic heterocycles. The summed E-state index contributed by atoms with van der Waals surface area (Å²) in [5, 5.41) is 23.8. The van der Waals surface area contributed by atoms with Crippen LogP contribution in [0.15, 0.2) is 24.3 Å². The molecule has 1 heterocycles. The number of hydrogen-bond acceptors (Lipinski definition) is 4. The van der Waals surface area contributed by atoms with Gasteiger partial charge < -0.3 is 15.7 Å². The molecule has 1 aromatic carbocycles. The highest BCUT2D eigenvalue weighted by molar-refractivity contribution is 5.70. The number of nitriles is 1. The van der Waals surface area contributed by atoms with Crippen LogP contribution >= 0.6 is 0 Å². The predicted octanol–water partition coefficient (Wildman–Crippen LogP) is 0.787. The Morgan fingerprint density at radius 3 is 2.53 bits per heavy atom. The van der Waals surface area contributed by atoms with Gasteiger partial charge in [0, 0.05) is 18.8 Å². The number of anilines is 1. The fourth-order valence-corrected chi connectivity index (χ4v) is 1.91. The Morgan fingerprint density at radius 1 is 1.47 bits per heavy atom. The minimum atomic E-state index is -0.812. The quantitative estimate of drug-likeness (QED) is 0.713. The van der Waals surface area contributed by atoms with E-state index in [1.165, 1.54) is 0 Å². The van der Waals surface area contributed by atoms with Gasteiger partial charge in [-0.25, -0.2) is 0 Å². The van der Waals surface area contributed by atoms with Crippen molar-refractivity contribution in [2.45, 2.75) is 12.0 Å². The topological polar surface area (TPSA) is 85.2 Å². The van der Waals surface area contributed by atoms with Crippen molar-refractivity contribution in [2.75, 3.05) is 18.4 Å². The Labute approximate surface area is 99.1 Å². The Bertz CT molecular complexity index is 458.